The molecule has 2 rings (SSSR count). The number of hydrogen-bond donors (Lipinski definition) is 1. The molecule has 0 aliphatic carbocycles. The molecule has 4 heteroatoms. The van der Waals surface area contributed by atoms with Crippen molar-refractivity contribution in [1.29, 1.82) is 0 Å². The molecule has 0 saturated carbocycles. The van der Waals surface area contributed by atoms with Gasteiger partial charge in [-0.3, -0.25) is 9.79 Å². The average molecular weight is 247 g/mol. The van der Waals surface area contributed by atoms with E-state index in [9.17, 15) is 4.79 Å². The lowest BCUT2D eigenvalue weighted by Crippen LogP contribution is -2.07. The van der Waals surface area contributed by atoms with E-state index in [-0.39, 0.29) is 5.56 Å². The van der Waals surface area contributed by atoms with Gasteiger partial charge in [-0.15, -0.1) is 0 Å². The smallest absolute Gasteiger partial charge is 0.274 e. The van der Waals surface area contributed by atoms with Crippen LogP contribution in [-0.4, -0.2) is 11.7 Å². The van der Waals surface area contributed by atoms with Crippen LogP contribution < -0.4 is 5.56 Å². The van der Waals surface area contributed by atoms with Gasteiger partial charge in [0.05, 0.1) is 5.52 Å². The van der Waals surface area contributed by atoms with Gasteiger partial charge in [0.25, 0.3) is 5.56 Å². The number of aliphatic imine (C=N–C) groups is 1. The summed E-state index contributed by atoms with van der Waals surface area (Å²) < 4.78 is 0. The van der Waals surface area contributed by atoms with Crippen LogP contribution in [0.3, 0.4) is 0 Å². The first-order valence-electron chi connectivity index (χ1n) is 5.12. The van der Waals surface area contributed by atoms with E-state index < -0.39 is 0 Å². The Hall–Kier alpha value is -1.87. The first-order chi connectivity index (χ1) is 8.17. The maximum Gasteiger partial charge on any atom is 0.274 e. The normalized spacial score (nSPS) is 11.2. The van der Waals surface area contributed by atoms with E-state index in [1.807, 2.05) is 25.1 Å². The van der Waals surface area contributed by atoms with Crippen LogP contribution in [0, 0.1) is 0 Å². The zero-order chi connectivity index (χ0) is 12.4. The van der Waals surface area contributed by atoms with E-state index >= 15 is 0 Å². The fraction of sp³-hybridized carbons (Fsp3) is 0.0769. The van der Waals surface area contributed by atoms with Gasteiger partial charge in [0.15, 0.2) is 0 Å². The van der Waals surface area contributed by atoms with E-state index in [0.717, 1.165) is 10.9 Å². The minimum absolute atomic E-state index is 0.261. The lowest BCUT2D eigenvalue weighted by Gasteiger charge is -2.05. The Labute approximate surface area is 103 Å². The van der Waals surface area contributed by atoms with Crippen LogP contribution in [0.5, 0.6) is 0 Å². The predicted molar refractivity (Wildman–Crippen MR) is 73.5 cm³/mol. The van der Waals surface area contributed by atoms with Crippen molar-refractivity contribution in [3.8, 4) is 0 Å². The number of nitrogens with one attached hydrogen (secondary N) is 1. The molecule has 0 fully saturated rings. The first-order valence-corrected chi connectivity index (χ1v) is 5.50. The summed E-state index contributed by atoms with van der Waals surface area (Å²) in [6.07, 6.45) is 3.70. The summed E-state index contributed by atoms with van der Waals surface area (Å²) >= 11 is 5.90. The van der Waals surface area contributed by atoms with Crippen molar-refractivity contribution in [2.75, 3.05) is 0 Å². The van der Waals surface area contributed by atoms with Gasteiger partial charge in [-0.2, -0.15) is 0 Å². The summed E-state index contributed by atoms with van der Waals surface area (Å²) in [6, 6.07) is 5.36. The molecule has 1 heterocycles. The Balaban J connectivity index is 2.97. The molecule has 0 saturated heterocycles. The number of fused-ring (bicyclic) bond motifs is 1. The maximum absolute atomic E-state index is 11.8. The van der Waals surface area contributed by atoms with Crippen molar-refractivity contribution in [2.45, 2.75) is 6.92 Å². The molecule has 1 N–H and O–H groups in total. The monoisotopic (exact) mass is 246 g/mol. The Kier molecular flexibility index (Phi) is 3.11. The van der Waals surface area contributed by atoms with Crippen LogP contribution >= 0.6 is 11.6 Å². The molecule has 3 nitrogen and oxygen atoms in total. The number of hydrogen-bond acceptors (Lipinski definition) is 2. The summed E-state index contributed by atoms with van der Waals surface area (Å²) in [6.45, 7) is 5.31. The predicted octanol–water partition coefficient (Wildman–Crippen LogP) is 3.55. The number of aromatic nitrogens is 1. The van der Waals surface area contributed by atoms with E-state index in [4.69, 9.17) is 11.6 Å². The van der Waals surface area contributed by atoms with Gasteiger partial charge < -0.3 is 4.98 Å². The van der Waals surface area contributed by atoms with Crippen LogP contribution in [0.15, 0.2) is 34.1 Å². The summed E-state index contributed by atoms with van der Waals surface area (Å²) in [4.78, 5) is 18.3. The van der Waals surface area contributed by atoms with Crippen LogP contribution in [0.4, 0.5) is 5.69 Å². The van der Waals surface area contributed by atoms with Crippen LogP contribution in [0.25, 0.3) is 17.0 Å². The van der Waals surface area contributed by atoms with Crippen molar-refractivity contribution in [1.82, 2.24) is 4.98 Å². The second-order valence-electron chi connectivity index (χ2n) is 3.56. The summed E-state index contributed by atoms with van der Waals surface area (Å²) in [5.74, 6) is 0. The van der Waals surface area contributed by atoms with E-state index in [0.29, 0.717) is 16.2 Å². The van der Waals surface area contributed by atoms with Gasteiger partial charge in [-0.1, -0.05) is 29.8 Å². The lowest BCUT2D eigenvalue weighted by atomic mass is 10.1. The number of benzene rings is 1. The van der Waals surface area contributed by atoms with E-state index in [2.05, 4.69) is 16.7 Å². The average Bonchev–Trinajstić information content (AvgIpc) is 2.29. The summed E-state index contributed by atoms with van der Waals surface area (Å²) in [7, 11) is 0. The molecule has 86 valence electrons. The minimum atomic E-state index is -0.261. The quantitative estimate of drug-likeness (QED) is 0.810. The van der Waals surface area contributed by atoms with E-state index in [1.54, 1.807) is 12.1 Å². The number of H-pyrrole nitrogens is 1. The molecule has 1 aromatic carbocycles. The number of allylic oxidation sites excluding steroid dienone is 1. The Morgan fingerprint density at radius 3 is 2.88 bits per heavy atom. The zero-order valence-corrected chi connectivity index (χ0v) is 10.1. The molecule has 0 amide bonds. The van der Waals surface area contributed by atoms with Gasteiger partial charge in [-0.05, 0) is 25.8 Å². The topological polar surface area (TPSA) is 45.2 Å². The molecule has 2 aromatic rings. The fourth-order valence-electron chi connectivity index (χ4n) is 1.78. The van der Waals surface area contributed by atoms with Crippen molar-refractivity contribution in [2.24, 2.45) is 4.99 Å². The molecular formula is C13H11ClN2O. The second kappa shape index (κ2) is 4.55. The van der Waals surface area contributed by atoms with Gasteiger partial charge in [0.2, 0.25) is 0 Å². The summed E-state index contributed by atoms with van der Waals surface area (Å²) in [5, 5.41) is 1.48. The Bertz CT molecular complexity index is 671. The van der Waals surface area contributed by atoms with Crippen molar-refractivity contribution >= 4 is 41.0 Å². The zero-order valence-electron chi connectivity index (χ0n) is 9.33. The fourth-order valence-corrected chi connectivity index (χ4v) is 1.95. The molecule has 0 aliphatic rings. The standard InChI is InChI=1S/C13H11ClN2O/c1-3-4-10-9-6-5-8(14)7-11(9)16-13(17)12(10)15-2/h3-7H,2H2,1H3,(H,16,17)/b4-3-. The Morgan fingerprint density at radius 1 is 1.47 bits per heavy atom. The lowest BCUT2D eigenvalue weighted by molar-refractivity contribution is 1.28. The third-order valence-corrected chi connectivity index (χ3v) is 2.72. The number of rotatable bonds is 2. The van der Waals surface area contributed by atoms with E-state index in [1.165, 1.54) is 0 Å². The second-order valence-corrected chi connectivity index (χ2v) is 4.00. The van der Waals surface area contributed by atoms with Gasteiger partial charge in [-0.25, -0.2) is 0 Å². The first kappa shape index (κ1) is 11.6. The number of halogens is 1. The van der Waals surface area contributed by atoms with Crippen LogP contribution in [0.1, 0.15) is 12.5 Å². The number of pyridine rings is 1. The molecule has 0 spiro atoms. The van der Waals surface area contributed by atoms with Gasteiger partial charge in [0, 0.05) is 16.0 Å². The van der Waals surface area contributed by atoms with Crippen molar-refractivity contribution in [3.05, 3.63) is 45.2 Å². The third kappa shape index (κ3) is 2.01. The number of nitrogens with zero attached hydrogens (tertiary/aromatic N) is 1. The molecular weight excluding hydrogens is 236 g/mol. The maximum atomic E-state index is 11.8. The highest BCUT2D eigenvalue weighted by atomic mass is 35.5. The molecule has 0 unspecified atom stereocenters. The van der Waals surface area contributed by atoms with Gasteiger partial charge in [0.1, 0.15) is 5.69 Å². The molecule has 0 radical (unpaired) electrons. The third-order valence-electron chi connectivity index (χ3n) is 2.48. The summed E-state index contributed by atoms with van der Waals surface area (Å²) in [5.41, 5.74) is 1.53. The molecule has 1 aromatic heterocycles. The highest BCUT2D eigenvalue weighted by Crippen LogP contribution is 2.26. The van der Waals surface area contributed by atoms with Crippen molar-refractivity contribution in [3.63, 3.8) is 0 Å². The number of aromatic amines is 1. The van der Waals surface area contributed by atoms with Gasteiger partial charge >= 0.3 is 0 Å². The molecule has 0 atom stereocenters. The molecule has 17 heavy (non-hydrogen) atoms. The molecule has 0 aliphatic heterocycles. The molecule has 0 bridgehead atoms. The van der Waals surface area contributed by atoms with Crippen molar-refractivity contribution < 1.29 is 0 Å². The highest BCUT2D eigenvalue weighted by Gasteiger charge is 2.09. The highest BCUT2D eigenvalue weighted by molar-refractivity contribution is 6.31. The SMILES string of the molecule is C=Nc1c(/C=C\C)c2ccc(Cl)cc2[nH]c1=O. The van der Waals surface area contributed by atoms with Crippen LogP contribution in [0.2, 0.25) is 5.02 Å². The minimum Gasteiger partial charge on any atom is -0.320 e. The largest absolute Gasteiger partial charge is 0.320 e. The van der Waals surface area contributed by atoms with Crippen LogP contribution in [-0.2, 0) is 0 Å². The Morgan fingerprint density at radius 2 is 2.24 bits per heavy atom.